The molecule has 0 aliphatic carbocycles. The van der Waals surface area contributed by atoms with Gasteiger partial charge in [0.05, 0.1) is 0 Å². The van der Waals surface area contributed by atoms with Crippen molar-refractivity contribution in [1.82, 2.24) is 0 Å². The zero-order valence-corrected chi connectivity index (χ0v) is 47.6. The maximum atomic E-state index is 12.7. The molecule has 6 nitrogen and oxygen atoms in total. The van der Waals surface area contributed by atoms with Gasteiger partial charge in [0.1, 0.15) is 13.2 Å². The third kappa shape index (κ3) is 58.8. The number of rotatable bonds is 54. The van der Waals surface area contributed by atoms with Crippen LogP contribution in [0, 0.1) is 0 Å². The molecule has 0 aliphatic rings. The van der Waals surface area contributed by atoms with E-state index < -0.39 is 6.10 Å². The molecule has 6 heteroatoms. The lowest BCUT2D eigenvalue weighted by atomic mass is 10.0. The molecule has 0 aromatic rings. The summed E-state index contributed by atoms with van der Waals surface area (Å²) in [4.78, 5) is 37.8. The van der Waals surface area contributed by atoms with Crippen LogP contribution in [0.2, 0.25) is 0 Å². The van der Waals surface area contributed by atoms with E-state index in [4.69, 9.17) is 14.2 Å². The summed E-state index contributed by atoms with van der Waals surface area (Å²) in [5.74, 6) is -0.969. The van der Waals surface area contributed by atoms with Crippen LogP contribution in [0.1, 0.15) is 278 Å². The SMILES string of the molecule is CC/C=C\C/C=C\C/C=C\C/C=C\C/C=C\CCCC(=O)OC(COC(=O)CCCCCCC)COC(=O)CCCCCCCCCCCCCCCCCCCCCC/C=C\C/C=C\C/C=C\C/C=C\CC. The molecular weight excluding hydrogens is 901 g/mol. The molecule has 0 fully saturated rings. The largest absolute Gasteiger partial charge is 0.462 e. The molecule has 73 heavy (non-hydrogen) atoms. The summed E-state index contributed by atoms with van der Waals surface area (Å²) in [6, 6.07) is 0. The Morgan fingerprint density at radius 1 is 0.288 bits per heavy atom. The fourth-order valence-corrected chi connectivity index (χ4v) is 8.29. The van der Waals surface area contributed by atoms with Crippen molar-refractivity contribution in [2.45, 2.75) is 284 Å². The van der Waals surface area contributed by atoms with Gasteiger partial charge in [0.2, 0.25) is 0 Å². The summed E-state index contributed by atoms with van der Waals surface area (Å²) in [5, 5.41) is 0. The Bertz CT molecular complexity index is 1490. The molecule has 1 unspecified atom stereocenters. The maximum absolute atomic E-state index is 12.7. The van der Waals surface area contributed by atoms with Crippen molar-refractivity contribution in [3.8, 4) is 0 Å². The van der Waals surface area contributed by atoms with Crippen molar-refractivity contribution in [1.29, 1.82) is 0 Å². The number of unbranched alkanes of at least 4 members (excludes halogenated alkanes) is 25. The van der Waals surface area contributed by atoms with Crippen LogP contribution in [0.15, 0.2) is 109 Å². The minimum absolute atomic E-state index is 0.0988. The Kier molecular flexibility index (Phi) is 57.4. The number of esters is 3. The second-order valence-electron chi connectivity index (χ2n) is 19.9. The van der Waals surface area contributed by atoms with Gasteiger partial charge in [-0.3, -0.25) is 14.4 Å². The molecule has 0 heterocycles. The minimum Gasteiger partial charge on any atom is -0.462 e. The molecule has 416 valence electrons. The van der Waals surface area contributed by atoms with Crippen LogP contribution in [-0.4, -0.2) is 37.2 Å². The van der Waals surface area contributed by atoms with Gasteiger partial charge in [0.25, 0.3) is 0 Å². The van der Waals surface area contributed by atoms with E-state index in [0.717, 1.165) is 116 Å². The molecule has 0 aliphatic heterocycles. The van der Waals surface area contributed by atoms with E-state index in [1.165, 1.54) is 116 Å². The van der Waals surface area contributed by atoms with E-state index in [1.807, 2.05) is 0 Å². The Morgan fingerprint density at radius 2 is 0.548 bits per heavy atom. The summed E-state index contributed by atoms with van der Waals surface area (Å²) in [6.45, 7) is 6.29. The van der Waals surface area contributed by atoms with Gasteiger partial charge in [-0.1, -0.05) is 271 Å². The summed E-state index contributed by atoms with van der Waals surface area (Å²) < 4.78 is 16.7. The summed E-state index contributed by atoms with van der Waals surface area (Å²) >= 11 is 0. The lowest BCUT2D eigenvalue weighted by Crippen LogP contribution is -2.30. The van der Waals surface area contributed by atoms with Crippen LogP contribution < -0.4 is 0 Å². The molecule has 0 amide bonds. The van der Waals surface area contributed by atoms with Crippen molar-refractivity contribution >= 4 is 17.9 Å². The highest BCUT2D eigenvalue weighted by molar-refractivity contribution is 5.71. The number of carbonyl (C=O) groups is 3. The van der Waals surface area contributed by atoms with Gasteiger partial charge in [0, 0.05) is 19.3 Å². The Labute approximate surface area is 450 Å². The Morgan fingerprint density at radius 3 is 0.877 bits per heavy atom. The standard InChI is InChI=1S/C67H112O6/c1-4-7-10-13-15-17-19-21-23-25-26-27-28-29-30-31-32-33-34-35-36-37-38-39-40-42-43-45-47-49-51-54-57-60-66(69)72-63-64(62-71-65(68)59-56-53-12-9-6-3)73-67(70)61-58-55-52-50-48-46-44-41-24-22-20-18-16-14-11-8-5-2/h7-8,10-11,15-18,21-24,26-27,44,46,50,52,64H,4-6,9,12-14,19-20,25,28-43,45,47-49,51,53-63H2,1-3H3/b10-7-,11-8-,17-15-,18-16-,23-21-,24-22-,27-26-,46-44-,52-50-. The predicted molar refractivity (Wildman–Crippen MR) is 316 cm³/mol. The van der Waals surface area contributed by atoms with Gasteiger partial charge in [-0.15, -0.1) is 0 Å². The third-order valence-corrected chi connectivity index (χ3v) is 12.8. The Balaban J connectivity index is 4.00. The van der Waals surface area contributed by atoms with Gasteiger partial charge in [0.15, 0.2) is 6.10 Å². The predicted octanol–water partition coefficient (Wildman–Crippen LogP) is 20.7. The molecule has 0 N–H and O–H groups in total. The van der Waals surface area contributed by atoms with Crippen LogP contribution in [0.4, 0.5) is 0 Å². The zero-order chi connectivity index (χ0) is 52.9. The first kappa shape index (κ1) is 69.1. The van der Waals surface area contributed by atoms with Crippen LogP contribution in [-0.2, 0) is 28.6 Å². The van der Waals surface area contributed by atoms with Crippen LogP contribution in [0.5, 0.6) is 0 Å². The average molecular weight is 1010 g/mol. The number of hydrogen-bond acceptors (Lipinski definition) is 6. The highest BCUT2D eigenvalue weighted by Gasteiger charge is 2.19. The van der Waals surface area contributed by atoms with E-state index in [2.05, 4.69) is 130 Å². The van der Waals surface area contributed by atoms with Gasteiger partial charge in [-0.05, 0) is 96.3 Å². The first-order valence-corrected chi connectivity index (χ1v) is 30.4. The van der Waals surface area contributed by atoms with E-state index >= 15 is 0 Å². The lowest BCUT2D eigenvalue weighted by molar-refractivity contribution is -0.167. The van der Waals surface area contributed by atoms with Gasteiger partial charge >= 0.3 is 17.9 Å². The third-order valence-electron chi connectivity index (χ3n) is 12.8. The summed E-state index contributed by atoms with van der Waals surface area (Å²) in [5.41, 5.74) is 0. The molecular formula is C67H112O6. The van der Waals surface area contributed by atoms with E-state index in [1.54, 1.807) is 0 Å². The molecule has 0 rings (SSSR count). The zero-order valence-electron chi connectivity index (χ0n) is 47.6. The van der Waals surface area contributed by atoms with E-state index in [9.17, 15) is 14.4 Å². The molecule has 0 radical (unpaired) electrons. The summed E-state index contributed by atoms with van der Waals surface area (Å²) in [7, 11) is 0. The molecule has 0 saturated carbocycles. The molecule has 1 atom stereocenters. The summed E-state index contributed by atoms with van der Waals surface area (Å²) in [6.07, 6.45) is 83.1. The Hall–Kier alpha value is -3.93. The monoisotopic (exact) mass is 1010 g/mol. The first-order chi connectivity index (χ1) is 36.0. The van der Waals surface area contributed by atoms with Crippen molar-refractivity contribution in [3.05, 3.63) is 109 Å². The second kappa shape index (κ2) is 60.6. The van der Waals surface area contributed by atoms with Crippen LogP contribution in [0.25, 0.3) is 0 Å². The minimum atomic E-state index is -0.803. The van der Waals surface area contributed by atoms with Crippen molar-refractivity contribution in [2.24, 2.45) is 0 Å². The maximum Gasteiger partial charge on any atom is 0.306 e. The topological polar surface area (TPSA) is 78.9 Å². The molecule has 0 bridgehead atoms. The van der Waals surface area contributed by atoms with E-state index in [-0.39, 0.29) is 37.5 Å². The first-order valence-electron chi connectivity index (χ1n) is 30.4. The quantitative estimate of drug-likeness (QED) is 0.0261. The van der Waals surface area contributed by atoms with Crippen LogP contribution >= 0.6 is 0 Å². The smallest absolute Gasteiger partial charge is 0.306 e. The highest BCUT2D eigenvalue weighted by atomic mass is 16.6. The van der Waals surface area contributed by atoms with Gasteiger partial charge < -0.3 is 14.2 Å². The van der Waals surface area contributed by atoms with Crippen LogP contribution in [0.3, 0.4) is 0 Å². The normalized spacial score (nSPS) is 12.9. The lowest BCUT2D eigenvalue weighted by Gasteiger charge is -2.18. The average Bonchev–Trinajstić information content (AvgIpc) is 3.39. The van der Waals surface area contributed by atoms with Gasteiger partial charge in [-0.25, -0.2) is 0 Å². The van der Waals surface area contributed by atoms with Crippen molar-refractivity contribution in [2.75, 3.05) is 13.2 Å². The molecule has 0 saturated heterocycles. The van der Waals surface area contributed by atoms with E-state index in [0.29, 0.717) is 19.3 Å². The number of ether oxygens (including phenoxy) is 3. The fraction of sp³-hybridized carbons (Fsp3) is 0.687. The molecule has 0 aromatic carbocycles. The van der Waals surface area contributed by atoms with Crippen molar-refractivity contribution in [3.63, 3.8) is 0 Å². The second-order valence-corrected chi connectivity index (χ2v) is 19.9. The molecule has 0 spiro atoms. The number of carbonyl (C=O) groups excluding carboxylic acids is 3. The fourth-order valence-electron chi connectivity index (χ4n) is 8.29. The number of hydrogen-bond donors (Lipinski definition) is 0. The number of allylic oxidation sites excluding steroid dienone is 18. The highest BCUT2D eigenvalue weighted by Crippen LogP contribution is 2.16. The van der Waals surface area contributed by atoms with Gasteiger partial charge in [-0.2, -0.15) is 0 Å². The molecule has 0 aromatic heterocycles. The van der Waals surface area contributed by atoms with Crippen molar-refractivity contribution < 1.29 is 28.6 Å².